The molecule has 0 saturated carbocycles. The molecule has 2 heteroatoms. The van der Waals surface area contributed by atoms with Gasteiger partial charge >= 0.3 is 0 Å². The minimum Gasteiger partial charge on any atom is -0.393 e. The van der Waals surface area contributed by atoms with Crippen molar-refractivity contribution in [3.8, 4) is 0 Å². The van der Waals surface area contributed by atoms with Crippen LogP contribution in [0.2, 0.25) is 0 Å². The van der Waals surface area contributed by atoms with Crippen LogP contribution in [0.1, 0.15) is 42.4 Å². The third kappa shape index (κ3) is 2.19. The van der Waals surface area contributed by atoms with Gasteiger partial charge in [-0.15, -0.1) is 0 Å². The van der Waals surface area contributed by atoms with Crippen molar-refractivity contribution in [2.24, 2.45) is 0 Å². The summed E-state index contributed by atoms with van der Waals surface area (Å²) in [6.45, 7) is 5.41. The number of fused-ring (bicyclic) bond motifs is 2. The molecule has 2 saturated heterocycles. The second-order valence-corrected chi connectivity index (χ2v) is 6.10. The van der Waals surface area contributed by atoms with Gasteiger partial charge in [-0.1, -0.05) is 18.2 Å². The zero-order valence-electron chi connectivity index (χ0n) is 11.4. The number of rotatable bonds is 2. The molecule has 18 heavy (non-hydrogen) atoms. The van der Waals surface area contributed by atoms with E-state index in [2.05, 4.69) is 36.9 Å². The smallest absolute Gasteiger partial charge is 0.0570 e. The number of aliphatic hydroxyl groups is 1. The minimum atomic E-state index is -0.0569. The fraction of sp³-hybridized carbons (Fsp3) is 0.625. The number of hydrogen-bond acceptors (Lipinski definition) is 2. The first kappa shape index (κ1) is 12.2. The molecule has 2 heterocycles. The summed E-state index contributed by atoms with van der Waals surface area (Å²) in [5.74, 6) is 0. The van der Waals surface area contributed by atoms with Gasteiger partial charge in [0, 0.05) is 18.6 Å². The molecule has 2 fully saturated rings. The third-order valence-electron chi connectivity index (χ3n) is 4.80. The number of aryl methyl sites for hydroxylation is 2. The Kier molecular flexibility index (Phi) is 3.16. The van der Waals surface area contributed by atoms with Gasteiger partial charge in [0.25, 0.3) is 0 Å². The first-order valence-electron chi connectivity index (χ1n) is 7.13. The summed E-state index contributed by atoms with van der Waals surface area (Å²) in [6.07, 6.45) is 4.43. The van der Waals surface area contributed by atoms with Crippen LogP contribution >= 0.6 is 0 Å². The molecule has 2 atom stereocenters. The number of aliphatic hydroxyl groups excluding tert-OH is 1. The molecule has 0 radical (unpaired) electrons. The summed E-state index contributed by atoms with van der Waals surface area (Å²) in [4.78, 5) is 2.62. The first-order valence-corrected chi connectivity index (χ1v) is 7.13. The van der Waals surface area contributed by atoms with E-state index in [0.29, 0.717) is 12.1 Å². The Bertz CT molecular complexity index is 429. The number of piperidine rings is 1. The maximum absolute atomic E-state index is 9.83. The van der Waals surface area contributed by atoms with Gasteiger partial charge in [-0.05, 0) is 56.2 Å². The Labute approximate surface area is 110 Å². The maximum Gasteiger partial charge on any atom is 0.0570 e. The lowest BCUT2D eigenvalue weighted by Crippen LogP contribution is -2.44. The molecule has 2 bridgehead atoms. The Morgan fingerprint density at radius 2 is 1.78 bits per heavy atom. The fourth-order valence-electron chi connectivity index (χ4n) is 3.62. The van der Waals surface area contributed by atoms with Crippen molar-refractivity contribution in [1.29, 1.82) is 0 Å². The molecule has 1 aromatic rings. The molecule has 2 aliphatic heterocycles. The molecule has 0 spiro atoms. The quantitative estimate of drug-likeness (QED) is 0.866. The van der Waals surface area contributed by atoms with Gasteiger partial charge in [0.1, 0.15) is 0 Å². The summed E-state index contributed by atoms with van der Waals surface area (Å²) >= 11 is 0. The normalized spacial score (nSPS) is 31.8. The second-order valence-electron chi connectivity index (χ2n) is 6.10. The van der Waals surface area contributed by atoms with Crippen LogP contribution in [0.5, 0.6) is 0 Å². The SMILES string of the molecule is Cc1ccc(CN2C3CCC2CC(O)C3)cc1C. The molecule has 0 aliphatic carbocycles. The van der Waals surface area contributed by atoms with Gasteiger partial charge in [-0.2, -0.15) is 0 Å². The predicted molar refractivity (Wildman–Crippen MR) is 73.5 cm³/mol. The highest BCUT2D eigenvalue weighted by molar-refractivity contribution is 5.30. The maximum atomic E-state index is 9.83. The molecule has 1 aromatic carbocycles. The molecular weight excluding hydrogens is 222 g/mol. The van der Waals surface area contributed by atoms with Crippen molar-refractivity contribution in [1.82, 2.24) is 4.90 Å². The monoisotopic (exact) mass is 245 g/mol. The molecule has 2 nitrogen and oxygen atoms in total. The van der Waals surface area contributed by atoms with Crippen LogP contribution in [0.15, 0.2) is 18.2 Å². The molecule has 0 amide bonds. The number of nitrogens with zero attached hydrogens (tertiary/aromatic N) is 1. The van der Waals surface area contributed by atoms with E-state index in [0.717, 1.165) is 19.4 Å². The molecule has 3 rings (SSSR count). The van der Waals surface area contributed by atoms with Crippen molar-refractivity contribution in [3.63, 3.8) is 0 Å². The largest absolute Gasteiger partial charge is 0.393 e. The van der Waals surface area contributed by atoms with Crippen LogP contribution in [0.25, 0.3) is 0 Å². The predicted octanol–water partition coefficient (Wildman–Crippen LogP) is 2.79. The Hall–Kier alpha value is -0.860. The van der Waals surface area contributed by atoms with E-state index >= 15 is 0 Å². The minimum absolute atomic E-state index is 0.0569. The van der Waals surface area contributed by atoms with Crippen LogP contribution in [-0.4, -0.2) is 28.2 Å². The van der Waals surface area contributed by atoms with Gasteiger partial charge in [0.2, 0.25) is 0 Å². The van der Waals surface area contributed by atoms with Gasteiger partial charge < -0.3 is 5.11 Å². The standard InChI is InChI=1S/C16H23NO/c1-11-3-4-13(7-12(11)2)10-17-14-5-6-15(17)9-16(18)8-14/h3-4,7,14-16,18H,5-6,8-10H2,1-2H3. The van der Waals surface area contributed by atoms with E-state index in [9.17, 15) is 5.11 Å². The molecule has 2 unspecified atom stereocenters. The van der Waals surface area contributed by atoms with Crippen molar-refractivity contribution in [2.75, 3.05) is 0 Å². The average molecular weight is 245 g/mol. The lowest BCUT2D eigenvalue weighted by atomic mass is 9.98. The number of hydrogen-bond donors (Lipinski definition) is 1. The van der Waals surface area contributed by atoms with Crippen molar-refractivity contribution < 1.29 is 5.11 Å². The van der Waals surface area contributed by atoms with Crippen LogP contribution in [0, 0.1) is 13.8 Å². The van der Waals surface area contributed by atoms with Gasteiger partial charge in [0.15, 0.2) is 0 Å². The second kappa shape index (κ2) is 4.67. The average Bonchev–Trinajstić information content (AvgIpc) is 2.58. The summed E-state index contributed by atoms with van der Waals surface area (Å²) in [5.41, 5.74) is 4.18. The summed E-state index contributed by atoms with van der Waals surface area (Å²) in [7, 11) is 0. The van der Waals surface area contributed by atoms with Gasteiger partial charge in [-0.3, -0.25) is 4.90 Å². The van der Waals surface area contributed by atoms with E-state index in [-0.39, 0.29) is 6.10 Å². The van der Waals surface area contributed by atoms with Gasteiger partial charge in [0.05, 0.1) is 6.10 Å². The first-order chi connectivity index (χ1) is 8.63. The Morgan fingerprint density at radius 3 is 2.39 bits per heavy atom. The zero-order chi connectivity index (χ0) is 12.7. The Balaban J connectivity index is 1.75. The fourth-order valence-corrected chi connectivity index (χ4v) is 3.62. The van der Waals surface area contributed by atoms with E-state index in [1.807, 2.05) is 0 Å². The lowest BCUT2D eigenvalue weighted by molar-refractivity contribution is 0.0310. The highest BCUT2D eigenvalue weighted by Crippen LogP contribution is 2.36. The summed E-state index contributed by atoms with van der Waals surface area (Å²) in [6, 6.07) is 8.03. The van der Waals surface area contributed by atoms with E-state index in [1.54, 1.807) is 0 Å². The summed E-state index contributed by atoms with van der Waals surface area (Å²) in [5, 5.41) is 9.83. The van der Waals surface area contributed by atoms with E-state index in [4.69, 9.17) is 0 Å². The summed E-state index contributed by atoms with van der Waals surface area (Å²) < 4.78 is 0. The van der Waals surface area contributed by atoms with Crippen LogP contribution < -0.4 is 0 Å². The lowest BCUT2D eigenvalue weighted by Gasteiger charge is -2.37. The van der Waals surface area contributed by atoms with Crippen LogP contribution in [-0.2, 0) is 6.54 Å². The van der Waals surface area contributed by atoms with E-state index in [1.165, 1.54) is 29.5 Å². The zero-order valence-corrected chi connectivity index (χ0v) is 11.4. The van der Waals surface area contributed by atoms with Gasteiger partial charge in [-0.25, -0.2) is 0 Å². The third-order valence-corrected chi connectivity index (χ3v) is 4.80. The molecule has 0 aromatic heterocycles. The van der Waals surface area contributed by atoms with Crippen LogP contribution in [0.3, 0.4) is 0 Å². The van der Waals surface area contributed by atoms with E-state index < -0.39 is 0 Å². The molecular formula is C16H23NO. The molecule has 98 valence electrons. The van der Waals surface area contributed by atoms with Crippen molar-refractivity contribution in [2.45, 2.75) is 64.3 Å². The van der Waals surface area contributed by atoms with Crippen LogP contribution in [0.4, 0.5) is 0 Å². The molecule has 2 aliphatic rings. The topological polar surface area (TPSA) is 23.5 Å². The Morgan fingerprint density at radius 1 is 1.11 bits per heavy atom. The van der Waals surface area contributed by atoms with Crippen molar-refractivity contribution >= 4 is 0 Å². The van der Waals surface area contributed by atoms with Crippen molar-refractivity contribution in [3.05, 3.63) is 34.9 Å². The number of benzene rings is 1. The highest BCUT2D eigenvalue weighted by atomic mass is 16.3. The highest BCUT2D eigenvalue weighted by Gasteiger charge is 2.39. The molecule has 1 N–H and O–H groups in total.